The lowest BCUT2D eigenvalue weighted by Gasteiger charge is -1.99. The van der Waals surface area contributed by atoms with Crippen molar-refractivity contribution in [2.24, 2.45) is 0 Å². The van der Waals surface area contributed by atoms with Crippen molar-refractivity contribution in [1.29, 1.82) is 0 Å². The molecule has 2 aliphatic rings. The maximum atomic E-state index is 5.67. The minimum absolute atomic E-state index is 0.565. The zero-order valence-electron chi connectivity index (χ0n) is 10.7. The van der Waals surface area contributed by atoms with E-state index in [9.17, 15) is 0 Å². The molecular formula is C14H25ClO2. The van der Waals surface area contributed by atoms with E-state index in [1.165, 1.54) is 57.8 Å². The average molecular weight is 261 g/mol. The highest BCUT2D eigenvalue weighted by molar-refractivity contribution is 6.17. The second-order valence-electron chi connectivity index (χ2n) is 5.34. The summed E-state index contributed by atoms with van der Waals surface area (Å²) in [6.45, 7) is 0.986. The first-order valence-corrected chi connectivity index (χ1v) is 7.76. The van der Waals surface area contributed by atoms with Gasteiger partial charge in [-0.2, -0.15) is 0 Å². The third-order valence-corrected chi connectivity index (χ3v) is 4.00. The van der Waals surface area contributed by atoms with E-state index in [0.717, 1.165) is 12.5 Å². The van der Waals surface area contributed by atoms with Crippen molar-refractivity contribution in [3.05, 3.63) is 0 Å². The summed E-state index contributed by atoms with van der Waals surface area (Å²) in [6, 6.07) is 0. The summed E-state index contributed by atoms with van der Waals surface area (Å²) in [5.41, 5.74) is 0. The third-order valence-electron chi connectivity index (χ3n) is 3.74. The lowest BCUT2D eigenvalue weighted by Crippen LogP contribution is -1.97. The van der Waals surface area contributed by atoms with Crippen LogP contribution in [0, 0.1) is 0 Å². The highest BCUT2D eigenvalue weighted by Crippen LogP contribution is 2.33. The van der Waals surface area contributed by atoms with Gasteiger partial charge >= 0.3 is 0 Å². The molecule has 17 heavy (non-hydrogen) atoms. The molecule has 0 aliphatic carbocycles. The van der Waals surface area contributed by atoms with Crippen molar-refractivity contribution in [2.75, 3.05) is 12.5 Å². The molecule has 0 bridgehead atoms. The zero-order chi connectivity index (χ0) is 11.9. The molecule has 100 valence electrons. The molecule has 2 rings (SSSR count). The Morgan fingerprint density at radius 3 is 2.18 bits per heavy atom. The summed E-state index contributed by atoms with van der Waals surface area (Å²) < 4.78 is 10.9. The van der Waals surface area contributed by atoms with E-state index in [2.05, 4.69) is 0 Å². The summed E-state index contributed by atoms with van der Waals surface area (Å²) in [5, 5.41) is 0. The number of hydrogen-bond acceptors (Lipinski definition) is 2. The number of halogens is 1. The summed E-state index contributed by atoms with van der Waals surface area (Å²) >= 11 is 5.64. The molecular weight excluding hydrogens is 236 g/mol. The Bertz CT molecular complexity index is 206. The summed E-state index contributed by atoms with van der Waals surface area (Å²) in [7, 11) is 0. The van der Waals surface area contributed by atoms with E-state index < -0.39 is 0 Å². The minimum atomic E-state index is 0.565. The standard InChI is InChI=1S/C14H25ClO2/c15-10-6-4-2-1-3-5-7-13-14(17-13)9-8-12-11-16-12/h12-14H,1-11H2. The van der Waals surface area contributed by atoms with Crippen molar-refractivity contribution in [1.82, 2.24) is 0 Å². The van der Waals surface area contributed by atoms with Crippen molar-refractivity contribution in [3.8, 4) is 0 Å². The average Bonchev–Trinajstić information content (AvgIpc) is 3.21. The fraction of sp³-hybridized carbons (Fsp3) is 1.00. The van der Waals surface area contributed by atoms with Crippen LogP contribution in [0.3, 0.4) is 0 Å². The fourth-order valence-corrected chi connectivity index (χ4v) is 2.61. The van der Waals surface area contributed by atoms with Crippen LogP contribution in [0.25, 0.3) is 0 Å². The molecule has 3 unspecified atom stereocenters. The van der Waals surface area contributed by atoms with Crippen molar-refractivity contribution >= 4 is 11.6 Å². The van der Waals surface area contributed by atoms with Crippen LogP contribution in [-0.2, 0) is 9.47 Å². The molecule has 0 aromatic carbocycles. The molecule has 0 aromatic rings. The van der Waals surface area contributed by atoms with Gasteiger partial charge in [-0.1, -0.05) is 32.1 Å². The van der Waals surface area contributed by atoms with Gasteiger partial charge in [-0.3, -0.25) is 0 Å². The van der Waals surface area contributed by atoms with Crippen LogP contribution < -0.4 is 0 Å². The van der Waals surface area contributed by atoms with Gasteiger partial charge in [-0.05, 0) is 25.7 Å². The van der Waals surface area contributed by atoms with E-state index in [1.54, 1.807) is 0 Å². The quantitative estimate of drug-likeness (QED) is 0.320. The molecule has 2 aliphatic heterocycles. The molecule has 2 fully saturated rings. The van der Waals surface area contributed by atoms with Gasteiger partial charge in [0.15, 0.2) is 0 Å². The summed E-state index contributed by atoms with van der Waals surface area (Å²) in [4.78, 5) is 0. The minimum Gasteiger partial charge on any atom is -0.373 e. The number of unbranched alkanes of at least 4 members (excludes halogenated alkanes) is 5. The van der Waals surface area contributed by atoms with E-state index in [-0.39, 0.29) is 0 Å². The Morgan fingerprint density at radius 1 is 0.824 bits per heavy atom. The molecule has 2 nitrogen and oxygen atoms in total. The van der Waals surface area contributed by atoms with Crippen LogP contribution in [-0.4, -0.2) is 30.8 Å². The second kappa shape index (κ2) is 7.60. The largest absolute Gasteiger partial charge is 0.373 e. The SMILES string of the molecule is ClCCCCCCCCC1OC1CCC1CO1. The Morgan fingerprint density at radius 2 is 1.47 bits per heavy atom. The maximum absolute atomic E-state index is 5.67. The summed E-state index contributed by atoms with van der Waals surface area (Å²) in [5.74, 6) is 0.822. The zero-order valence-corrected chi connectivity index (χ0v) is 11.5. The highest BCUT2D eigenvalue weighted by Gasteiger charge is 2.38. The van der Waals surface area contributed by atoms with Crippen LogP contribution in [0.15, 0.2) is 0 Å². The topological polar surface area (TPSA) is 25.1 Å². The molecule has 0 N–H and O–H groups in total. The second-order valence-corrected chi connectivity index (χ2v) is 5.72. The van der Waals surface area contributed by atoms with E-state index in [1.807, 2.05) is 0 Å². The molecule has 3 heteroatoms. The lowest BCUT2D eigenvalue weighted by molar-refractivity contribution is 0.336. The summed E-state index contributed by atoms with van der Waals surface area (Å²) in [6.07, 6.45) is 13.3. The Kier molecular flexibility index (Phi) is 6.10. The van der Waals surface area contributed by atoms with Crippen LogP contribution >= 0.6 is 11.6 Å². The van der Waals surface area contributed by atoms with Crippen LogP contribution in [0.4, 0.5) is 0 Å². The van der Waals surface area contributed by atoms with Gasteiger partial charge in [0.1, 0.15) is 0 Å². The van der Waals surface area contributed by atoms with Gasteiger partial charge in [-0.15, -0.1) is 11.6 Å². The molecule has 2 saturated heterocycles. The van der Waals surface area contributed by atoms with Crippen molar-refractivity contribution in [2.45, 2.75) is 76.1 Å². The van der Waals surface area contributed by atoms with Gasteiger partial charge in [0.25, 0.3) is 0 Å². The first-order chi connectivity index (χ1) is 8.40. The van der Waals surface area contributed by atoms with E-state index in [4.69, 9.17) is 21.1 Å². The molecule has 2 heterocycles. The Labute approximate surface area is 110 Å². The number of ether oxygens (including phenoxy) is 2. The predicted molar refractivity (Wildman–Crippen MR) is 70.7 cm³/mol. The van der Waals surface area contributed by atoms with Crippen LogP contribution in [0.1, 0.15) is 57.8 Å². The number of alkyl halides is 1. The first-order valence-electron chi connectivity index (χ1n) is 7.23. The Balaban J connectivity index is 1.32. The molecule has 0 saturated carbocycles. The lowest BCUT2D eigenvalue weighted by atomic mass is 10.1. The van der Waals surface area contributed by atoms with E-state index >= 15 is 0 Å². The molecule has 0 aromatic heterocycles. The first kappa shape index (κ1) is 13.6. The number of epoxide rings is 2. The van der Waals surface area contributed by atoms with Gasteiger partial charge in [-0.25, -0.2) is 0 Å². The normalized spacial score (nSPS) is 30.5. The van der Waals surface area contributed by atoms with Gasteiger partial charge in [0, 0.05) is 5.88 Å². The van der Waals surface area contributed by atoms with Crippen LogP contribution in [0.2, 0.25) is 0 Å². The fourth-order valence-electron chi connectivity index (χ4n) is 2.42. The molecule has 0 amide bonds. The van der Waals surface area contributed by atoms with Gasteiger partial charge in [0.2, 0.25) is 0 Å². The third kappa shape index (κ3) is 6.08. The van der Waals surface area contributed by atoms with Gasteiger partial charge < -0.3 is 9.47 Å². The maximum Gasteiger partial charge on any atom is 0.0842 e. The predicted octanol–water partition coefficient (Wildman–Crippen LogP) is 3.90. The smallest absolute Gasteiger partial charge is 0.0842 e. The van der Waals surface area contributed by atoms with Crippen molar-refractivity contribution in [3.63, 3.8) is 0 Å². The van der Waals surface area contributed by atoms with Gasteiger partial charge in [0.05, 0.1) is 24.9 Å². The van der Waals surface area contributed by atoms with Crippen molar-refractivity contribution < 1.29 is 9.47 Å². The Hall–Kier alpha value is 0.210. The molecule has 0 spiro atoms. The van der Waals surface area contributed by atoms with E-state index in [0.29, 0.717) is 18.3 Å². The molecule has 3 atom stereocenters. The number of rotatable bonds is 11. The highest BCUT2D eigenvalue weighted by atomic mass is 35.5. The number of hydrogen-bond donors (Lipinski definition) is 0. The molecule has 0 radical (unpaired) electrons. The van der Waals surface area contributed by atoms with Crippen LogP contribution in [0.5, 0.6) is 0 Å². The monoisotopic (exact) mass is 260 g/mol.